The molecule has 0 radical (unpaired) electrons. The topological polar surface area (TPSA) is 136 Å². The van der Waals surface area contributed by atoms with Crippen LogP contribution in [0.5, 0.6) is 5.75 Å². The second kappa shape index (κ2) is 11.2. The number of hydrazone groups is 1. The van der Waals surface area contributed by atoms with Crippen LogP contribution in [0.25, 0.3) is 11.3 Å². The molecule has 10 nitrogen and oxygen atoms in total. The van der Waals surface area contributed by atoms with E-state index in [4.69, 9.17) is 9.15 Å². The molecule has 2 N–H and O–H groups in total. The summed E-state index contributed by atoms with van der Waals surface area (Å²) in [6.45, 7) is 3.66. The van der Waals surface area contributed by atoms with Crippen molar-refractivity contribution in [3.63, 3.8) is 0 Å². The van der Waals surface area contributed by atoms with Crippen LogP contribution in [0.3, 0.4) is 0 Å². The standard InChI is InChI=1S/C23H24N4O6S/c1-14(2)22(25-21(28)12-17-5-4-10-34-17)23(29)26-24-13-16-7-9-19(33-16)18-8-6-15(27(30)31)11-20(18)32-3/h4-11,13-14,22H,12H2,1-3H3,(H,25,28)(H,26,29)/b24-13+/t22-/m0/s1. The number of furan rings is 1. The van der Waals surface area contributed by atoms with Crippen LogP contribution in [0.2, 0.25) is 0 Å². The first-order valence-corrected chi connectivity index (χ1v) is 11.2. The molecule has 0 aliphatic rings. The van der Waals surface area contributed by atoms with E-state index in [2.05, 4.69) is 15.8 Å². The van der Waals surface area contributed by atoms with Crippen molar-refractivity contribution in [1.82, 2.24) is 10.7 Å². The van der Waals surface area contributed by atoms with E-state index in [1.807, 2.05) is 31.4 Å². The summed E-state index contributed by atoms with van der Waals surface area (Å²) in [7, 11) is 1.41. The molecule has 0 bridgehead atoms. The van der Waals surface area contributed by atoms with Gasteiger partial charge in [0.2, 0.25) is 5.91 Å². The van der Waals surface area contributed by atoms with E-state index in [0.29, 0.717) is 22.8 Å². The number of carbonyl (C=O) groups is 2. The summed E-state index contributed by atoms with van der Waals surface area (Å²) in [5, 5.41) is 19.5. The summed E-state index contributed by atoms with van der Waals surface area (Å²) in [6, 6.07) is 10.5. The third kappa shape index (κ3) is 6.29. The Morgan fingerprint density at radius 2 is 2.06 bits per heavy atom. The SMILES string of the molecule is COc1cc([N+](=O)[O-])ccc1-c1ccc(/C=N/NC(=O)[C@@H](NC(=O)Cc2cccs2)C(C)C)o1. The molecule has 3 aromatic rings. The Balaban J connectivity index is 1.63. The molecule has 0 aliphatic heterocycles. The zero-order valence-electron chi connectivity index (χ0n) is 18.8. The van der Waals surface area contributed by atoms with E-state index in [-0.39, 0.29) is 23.9 Å². The lowest BCUT2D eigenvalue weighted by Gasteiger charge is -2.20. The van der Waals surface area contributed by atoms with Gasteiger partial charge in [-0.3, -0.25) is 19.7 Å². The third-order valence-electron chi connectivity index (χ3n) is 4.84. The number of nitro groups is 1. The molecule has 1 aromatic carbocycles. The maximum absolute atomic E-state index is 12.6. The highest BCUT2D eigenvalue weighted by atomic mass is 32.1. The molecule has 3 rings (SSSR count). The first kappa shape index (κ1) is 24.6. The maximum Gasteiger partial charge on any atom is 0.273 e. The fourth-order valence-electron chi connectivity index (χ4n) is 3.12. The number of amides is 2. The van der Waals surface area contributed by atoms with E-state index in [1.54, 1.807) is 12.1 Å². The van der Waals surface area contributed by atoms with Crippen molar-refractivity contribution >= 4 is 35.1 Å². The van der Waals surface area contributed by atoms with Gasteiger partial charge in [0.1, 0.15) is 23.3 Å². The molecule has 2 amide bonds. The van der Waals surface area contributed by atoms with E-state index in [0.717, 1.165) is 4.88 Å². The van der Waals surface area contributed by atoms with Crippen LogP contribution in [0.15, 0.2) is 57.4 Å². The number of hydrogen-bond acceptors (Lipinski definition) is 8. The lowest BCUT2D eigenvalue weighted by molar-refractivity contribution is -0.384. The predicted molar refractivity (Wildman–Crippen MR) is 128 cm³/mol. The molecular weight excluding hydrogens is 460 g/mol. The van der Waals surface area contributed by atoms with Crippen LogP contribution in [-0.2, 0) is 16.0 Å². The van der Waals surface area contributed by atoms with Gasteiger partial charge in [-0.2, -0.15) is 5.10 Å². The Hall–Kier alpha value is -3.99. The van der Waals surface area contributed by atoms with E-state index < -0.39 is 16.9 Å². The predicted octanol–water partition coefficient (Wildman–Crippen LogP) is 3.76. The normalized spacial score (nSPS) is 12.0. The third-order valence-corrected chi connectivity index (χ3v) is 5.71. The molecule has 2 heterocycles. The number of non-ortho nitro benzene ring substituents is 1. The molecule has 0 fully saturated rings. The first-order chi connectivity index (χ1) is 16.3. The summed E-state index contributed by atoms with van der Waals surface area (Å²) in [5.41, 5.74) is 2.86. The van der Waals surface area contributed by atoms with Crippen molar-refractivity contribution in [3.05, 3.63) is 68.6 Å². The van der Waals surface area contributed by atoms with Crippen molar-refractivity contribution in [2.75, 3.05) is 7.11 Å². The quantitative estimate of drug-likeness (QED) is 0.255. The molecule has 0 saturated heterocycles. The van der Waals surface area contributed by atoms with Gasteiger partial charge in [-0.05, 0) is 35.6 Å². The number of rotatable bonds is 10. The van der Waals surface area contributed by atoms with Crippen LogP contribution >= 0.6 is 11.3 Å². The lowest BCUT2D eigenvalue weighted by atomic mass is 10.0. The Morgan fingerprint density at radius 1 is 1.26 bits per heavy atom. The second-order valence-corrected chi connectivity index (χ2v) is 8.66. The van der Waals surface area contributed by atoms with Gasteiger partial charge >= 0.3 is 0 Å². The zero-order chi connectivity index (χ0) is 24.7. The first-order valence-electron chi connectivity index (χ1n) is 10.4. The average Bonchev–Trinajstić information content (AvgIpc) is 3.49. The second-order valence-electron chi connectivity index (χ2n) is 7.62. The van der Waals surface area contributed by atoms with Crippen molar-refractivity contribution in [2.24, 2.45) is 11.0 Å². The zero-order valence-corrected chi connectivity index (χ0v) is 19.6. The van der Waals surface area contributed by atoms with Gasteiger partial charge in [0.25, 0.3) is 11.6 Å². The number of methoxy groups -OCH3 is 1. The molecule has 0 saturated carbocycles. The number of thiophene rings is 1. The highest BCUT2D eigenvalue weighted by Gasteiger charge is 2.24. The Labute approximate surface area is 199 Å². The van der Waals surface area contributed by atoms with Crippen molar-refractivity contribution in [2.45, 2.75) is 26.3 Å². The number of ether oxygens (including phenoxy) is 1. The summed E-state index contributed by atoms with van der Waals surface area (Å²) < 4.78 is 10.9. The molecule has 34 heavy (non-hydrogen) atoms. The van der Waals surface area contributed by atoms with Gasteiger partial charge in [-0.25, -0.2) is 5.43 Å². The van der Waals surface area contributed by atoms with Gasteiger partial charge in [0.15, 0.2) is 0 Å². The van der Waals surface area contributed by atoms with Gasteiger partial charge in [0.05, 0.1) is 36.3 Å². The fourth-order valence-corrected chi connectivity index (χ4v) is 3.83. The lowest BCUT2D eigenvalue weighted by Crippen LogP contribution is -2.49. The molecule has 0 aliphatic carbocycles. The largest absolute Gasteiger partial charge is 0.496 e. The number of benzene rings is 1. The smallest absolute Gasteiger partial charge is 0.273 e. The molecule has 0 unspecified atom stereocenters. The van der Waals surface area contributed by atoms with E-state index >= 15 is 0 Å². The van der Waals surface area contributed by atoms with Gasteiger partial charge in [0, 0.05) is 10.9 Å². The molecule has 178 valence electrons. The van der Waals surface area contributed by atoms with Crippen LogP contribution in [0, 0.1) is 16.0 Å². The van der Waals surface area contributed by atoms with E-state index in [9.17, 15) is 19.7 Å². The number of nitrogens with one attached hydrogen (secondary N) is 2. The number of nitro benzene ring substituents is 1. The van der Waals surface area contributed by atoms with E-state index in [1.165, 1.54) is 42.9 Å². The fraction of sp³-hybridized carbons (Fsp3) is 0.261. The van der Waals surface area contributed by atoms with Crippen molar-refractivity contribution < 1.29 is 23.7 Å². The van der Waals surface area contributed by atoms with Crippen LogP contribution in [0.4, 0.5) is 5.69 Å². The Bertz CT molecular complexity index is 1190. The molecule has 1 atom stereocenters. The summed E-state index contributed by atoms with van der Waals surface area (Å²) in [5.74, 6) is 0.215. The summed E-state index contributed by atoms with van der Waals surface area (Å²) in [6.07, 6.45) is 1.53. The minimum absolute atomic E-state index is 0.0983. The Morgan fingerprint density at radius 3 is 2.71 bits per heavy atom. The van der Waals surface area contributed by atoms with Crippen LogP contribution in [-0.4, -0.2) is 36.1 Å². The molecule has 11 heteroatoms. The summed E-state index contributed by atoms with van der Waals surface area (Å²) >= 11 is 1.48. The van der Waals surface area contributed by atoms with Crippen molar-refractivity contribution in [3.8, 4) is 17.1 Å². The van der Waals surface area contributed by atoms with Crippen molar-refractivity contribution in [1.29, 1.82) is 0 Å². The number of hydrogen-bond donors (Lipinski definition) is 2. The molecule has 0 spiro atoms. The highest BCUT2D eigenvalue weighted by molar-refractivity contribution is 7.10. The number of carbonyl (C=O) groups excluding carboxylic acids is 2. The minimum atomic E-state index is -0.749. The molecule has 2 aromatic heterocycles. The van der Waals surface area contributed by atoms with Gasteiger partial charge < -0.3 is 14.5 Å². The van der Waals surface area contributed by atoms with Gasteiger partial charge in [-0.15, -0.1) is 11.3 Å². The highest BCUT2D eigenvalue weighted by Crippen LogP contribution is 2.34. The minimum Gasteiger partial charge on any atom is -0.496 e. The monoisotopic (exact) mass is 484 g/mol. The average molecular weight is 485 g/mol. The van der Waals surface area contributed by atoms with Crippen LogP contribution in [0.1, 0.15) is 24.5 Å². The maximum atomic E-state index is 12.6. The van der Waals surface area contributed by atoms with Crippen LogP contribution < -0.4 is 15.5 Å². The van der Waals surface area contributed by atoms with Gasteiger partial charge in [-0.1, -0.05) is 19.9 Å². The number of nitrogens with zero attached hydrogens (tertiary/aromatic N) is 2. The summed E-state index contributed by atoms with van der Waals surface area (Å²) in [4.78, 5) is 36.2. The molecular formula is C23H24N4O6S. The Kier molecular flexibility index (Phi) is 8.14.